The highest BCUT2D eigenvalue weighted by Crippen LogP contribution is 2.24. The van der Waals surface area contributed by atoms with Crippen molar-refractivity contribution in [2.75, 3.05) is 12.8 Å². The summed E-state index contributed by atoms with van der Waals surface area (Å²) in [6, 6.07) is 4.02. The summed E-state index contributed by atoms with van der Waals surface area (Å²) in [5.74, 6) is -0.391. The zero-order valence-electron chi connectivity index (χ0n) is 11.5. The number of rotatable bonds is 5. The van der Waals surface area contributed by atoms with Crippen molar-refractivity contribution < 1.29 is 12.8 Å². The van der Waals surface area contributed by atoms with Gasteiger partial charge < -0.3 is 5.32 Å². The standard InChI is InChI=1S/C13H19ClFNO2S/c1-9(11-6-5-10(15)7-12(11)14)16-8-13(2,3)19(4,17)18/h5-7,9,16H,8H2,1-4H3. The molecule has 0 aromatic heterocycles. The van der Waals surface area contributed by atoms with Gasteiger partial charge in [-0.1, -0.05) is 17.7 Å². The Hall–Kier alpha value is -0.650. The minimum absolute atomic E-state index is 0.158. The van der Waals surface area contributed by atoms with Crippen molar-refractivity contribution in [1.82, 2.24) is 5.32 Å². The zero-order chi connectivity index (χ0) is 14.8. The van der Waals surface area contributed by atoms with E-state index >= 15 is 0 Å². The molecule has 1 rings (SSSR count). The lowest BCUT2D eigenvalue weighted by Crippen LogP contribution is -2.42. The second-order valence-electron chi connectivity index (χ2n) is 5.30. The molecule has 0 saturated heterocycles. The molecule has 108 valence electrons. The summed E-state index contributed by atoms with van der Waals surface area (Å²) in [6.07, 6.45) is 1.21. The second kappa shape index (κ2) is 5.77. The molecule has 1 aromatic rings. The van der Waals surface area contributed by atoms with E-state index in [1.165, 1.54) is 18.4 Å². The van der Waals surface area contributed by atoms with Gasteiger partial charge in [-0.15, -0.1) is 0 Å². The highest BCUT2D eigenvalue weighted by molar-refractivity contribution is 7.92. The van der Waals surface area contributed by atoms with Crippen molar-refractivity contribution in [3.63, 3.8) is 0 Å². The molecule has 0 bridgehead atoms. The van der Waals surface area contributed by atoms with Crippen LogP contribution in [0.2, 0.25) is 5.02 Å². The van der Waals surface area contributed by atoms with Crippen LogP contribution >= 0.6 is 11.6 Å². The van der Waals surface area contributed by atoms with E-state index in [1.807, 2.05) is 6.92 Å². The molecule has 1 atom stereocenters. The Morgan fingerprint density at radius 1 is 1.42 bits per heavy atom. The average Bonchev–Trinajstić information content (AvgIpc) is 2.24. The van der Waals surface area contributed by atoms with Gasteiger partial charge in [-0.05, 0) is 38.5 Å². The van der Waals surface area contributed by atoms with Crippen LogP contribution in [0.25, 0.3) is 0 Å². The molecule has 0 spiro atoms. The molecule has 1 N–H and O–H groups in total. The molecule has 1 aromatic carbocycles. The first-order valence-electron chi connectivity index (χ1n) is 5.92. The molecular weight excluding hydrogens is 289 g/mol. The molecular formula is C13H19ClFNO2S. The summed E-state index contributed by atoms with van der Waals surface area (Å²) in [7, 11) is -3.15. The predicted octanol–water partition coefficient (Wildman–Crippen LogP) is 2.95. The van der Waals surface area contributed by atoms with Crippen molar-refractivity contribution in [2.45, 2.75) is 31.6 Å². The average molecular weight is 308 g/mol. The monoisotopic (exact) mass is 307 g/mol. The van der Waals surface area contributed by atoms with Crippen molar-refractivity contribution in [3.05, 3.63) is 34.6 Å². The van der Waals surface area contributed by atoms with E-state index in [0.717, 1.165) is 5.56 Å². The third-order valence-electron chi connectivity index (χ3n) is 3.27. The molecule has 0 amide bonds. The molecule has 3 nitrogen and oxygen atoms in total. The molecule has 0 saturated carbocycles. The first-order valence-corrected chi connectivity index (χ1v) is 8.19. The number of hydrogen-bond acceptors (Lipinski definition) is 3. The molecule has 0 radical (unpaired) electrons. The molecule has 0 fully saturated rings. The minimum Gasteiger partial charge on any atom is -0.309 e. The van der Waals surface area contributed by atoms with E-state index in [2.05, 4.69) is 5.32 Å². The van der Waals surface area contributed by atoms with Gasteiger partial charge in [0.15, 0.2) is 9.84 Å². The molecule has 6 heteroatoms. The Morgan fingerprint density at radius 3 is 2.47 bits per heavy atom. The van der Waals surface area contributed by atoms with Gasteiger partial charge in [0, 0.05) is 23.9 Å². The zero-order valence-corrected chi connectivity index (χ0v) is 13.1. The van der Waals surface area contributed by atoms with E-state index in [9.17, 15) is 12.8 Å². The van der Waals surface area contributed by atoms with Crippen LogP contribution < -0.4 is 5.32 Å². The molecule has 0 aliphatic carbocycles. The molecule has 0 heterocycles. The van der Waals surface area contributed by atoms with Crippen molar-refractivity contribution in [3.8, 4) is 0 Å². The fraction of sp³-hybridized carbons (Fsp3) is 0.538. The van der Waals surface area contributed by atoms with Gasteiger partial charge in [0.25, 0.3) is 0 Å². The Morgan fingerprint density at radius 2 is 2.00 bits per heavy atom. The van der Waals surface area contributed by atoms with Crippen LogP contribution in [0.4, 0.5) is 4.39 Å². The van der Waals surface area contributed by atoms with Crippen LogP contribution in [-0.2, 0) is 9.84 Å². The van der Waals surface area contributed by atoms with Gasteiger partial charge in [-0.3, -0.25) is 0 Å². The van der Waals surface area contributed by atoms with Crippen molar-refractivity contribution in [1.29, 1.82) is 0 Å². The first-order chi connectivity index (χ1) is 8.54. The van der Waals surface area contributed by atoms with Crippen LogP contribution in [0, 0.1) is 5.82 Å². The summed E-state index contributed by atoms with van der Waals surface area (Å²) in [5.41, 5.74) is 0.743. The maximum absolute atomic E-state index is 13.0. The summed E-state index contributed by atoms with van der Waals surface area (Å²) in [4.78, 5) is 0. The normalized spacial score (nSPS) is 14.4. The van der Waals surface area contributed by atoms with Gasteiger partial charge in [-0.25, -0.2) is 12.8 Å². The van der Waals surface area contributed by atoms with Crippen LogP contribution in [0.5, 0.6) is 0 Å². The number of halogens is 2. The van der Waals surface area contributed by atoms with Gasteiger partial charge in [-0.2, -0.15) is 0 Å². The van der Waals surface area contributed by atoms with Crippen LogP contribution in [-0.4, -0.2) is 26.0 Å². The molecule has 1 unspecified atom stereocenters. The lowest BCUT2D eigenvalue weighted by Gasteiger charge is -2.26. The van der Waals surface area contributed by atoms with Gasteiger partial charge in [0.05, 0.1) is 4.75 Å². The van der Waals surface area contributed by atoms with E-state index in [4.69, 9.17) is 11.6 Å². The maximum atomic E-state index is 13.0. The summed E-state index contributed by atoms with van der Waals surface area (Å²) in [5, 5.41) is 3.45. The number of nitrogens with one attached hydrogen (secondary N) is 1. The van der Waals surface area contributed by atoms with Crippen LogP contribution in [0.15, 0.2) is 18.2 Å². The lowest BCUT2D eigenvalue weighted by molar-refractivity contribution is 0.488. The topological polar surface area (TPSA) is 46.2 Å². The predicted molar refractivity (Wildman–Crippen MR) is 76.8 cm³/mol. The second-order valence-corrected chi connectivity index (χ2v) is 8.36. The van der Waals surface area contributed by atoms with E-state index < -0.39 is 20.4 Å². The molecule has 0 aliphatic heterocycles. The van der Waals surface area contributed by atoms with E-state index in [1.54, 1.807) is 19.9 Å². The van der Waals surface area contributed by atoms with E-state index in [0.29, 0.717) is 11.6 Å². The third kappa shape index (κ3) is 4.16. The number of hydrogen-bond donors (Lipinski definition) is 1. The lowest BCUT2D eigenvalue weighted by atomic mass is 10.1. The number of sulfone groups is 1. The first kappa shape index (κ1) is 16.4. The minimum atomic E-state index is -3.15. The largest absolute Gasteiger partial charge is 0.309 e. The van der Waals surface area contributed by atoms with Crippen LogP contribution in [0.3, 0.4) is 0 Å². The Kier molecular flexibility index (Phi) is 4.98. The summed E-state index contributed by atoms with van der Waals surface area (Å²) >= 11 is 5.97. The summed E-state index contributed by atoms with van der Waals surface area (Å²) in [6.45, 7) is 5.47. The Bertz CT molecular complexity index is 558. The fourth-order valence-electron chi connectivity index (χ4n) is 1.49. The highest BCUT2D eigenvalue weighted by Gasteiger charge is 2.30. The molecule has 0 aliphatic rings. The SMILES string of the molecule is CC(NCC(C)(C)S(C)(=O)=O)c1ccc(F)cc1Cl. The van der Waals surface area contributed by atoms with E-state index in [-0.39, 0.29) is 6.04 Å². The van der Waals surface area contributed by atoms with Gasteiger partial charge in [0.1, 0.15) is 5.82 Å². The quantitative estimate of drug-likeness (QED) is 0.909. The van der Waals surface area contributed by atoms with Crippen molar-refractivity contribution in [2.24, 2.45) is 0 Å². The molecule has 19 heavy (non-hydrogen) atoms. The van der Waals surface area contributed by atoms with Crippen LogP contribution in [0.1, 0.15) is 32.4 Å². The Balaban J connectivity index is 2.79. The number of benzene rings is 1. The highest BCUT2D eigenvalue weighted by atomic mass is 35.5. The fourth-order valence-corrected chi connectivity index (χ4v) is 2.17. The van der Waals surface area contributed by atoms with Gasteiger partial charge >= 0.3 is 0 Å². The smallest absolute Gasteiger partial charge is 0.153 e. The maximum Gasteiger partial charge on any atom is 0.153 e. The van der Waals surface area contributed by atoms with Gasteiger partial charge in [0.2, 0.25) is 0 Å². The summed E-state index contributed by atoms with van der Waals surface area (Å²) < 4.78 is 35.3. The third-order valence-corrected chi connectivity index (χ3v) is 5.75. The van der Waals surface area contributed by atoms with Crippen molar-refractivity contribution >= 4 is 21.4 Å². The Labute approximate surface area is 119 Å².